The van der Waals surface area contributed by atoms with Crippen LogP contribution in [0.1, 0.15) is 40.2 Å². The quantitative estimate of drug-likeness (QED) is 0.727. The first-order valence-corrected chi connectivity index (χ1v) is 9.83. The summed E-state index contributed by atoms with van der Waals surface area (Å²) in [6.45, 7) is 10.3. The van der Waals surface area contributed by atoms with Gasteiger partial charge in [0.25, 0.3) is 5.91 Å². The van der Waals surface area contributed by atoms with Crippen molar-refractivity contribution in [3.8, 4) is 0 Å². The van der Waals surface area contributed by atoms with Gasteiger partial charge in [-0.1, -0.05) is 23.9 Å². The Labute approximate surface area is 151 Å². The molecule has 24 heavy (non-hydrogen) atoms. The molecule has 1 aliphatic heterocycles. The molecule has 0 spiro atoms. The van der Waals surface area contributed by atoms with E-state index in [-0.39, 0.29) is 11.4 Å². The van der Waals surface area contributed by atoms with Crippen LogP contribution in [0.2, 0.25) is 0 Å². The van der Waals surface area contributed by atoms with Crippen LogP contribution in [-0.4, -0.2) is 27.3 Å². The number of amides is 1. The van der Waals surface area contributed by atoms with Crippen molar-refractivity contribution in [1.29, 1.82) is 0 Å². The van der Waals surface area contributed by atoms with E-state index < -0.39 is 0 Å². The summed E-state index contributed by atoms with van der Waals surface area (Å²) in [5.74, 6) is 0.911. The summed E-state index contributed by atoms with van der Waals surface area (Å²) in [5.41, 5.74) is 4.03. The van der Waals surface area contributed by atoms with Crippen molar-refractivity contribution in [2.45, 2.75) is 40.2 Å². The molecule has 5 heteroatoms. The number of hydrogen-bond donors (Lipinski definition) is 0. The largest absolute Gasteiger partial charge is 0.280 e. The molecule has 0 radical (unpaired) electrons. The molecule has 0 N–H and O–H groups in total. The van der Waals surface area contributed by atoms with Crippen LogP contribution in [0, 0.1) is 20.8 Å². The third-order valence-corrected chi connectivity index (χ3v) is 6.58. The van der Waals surface area contributed by atoms with E-state index in [0.717, 1.165) is 32.6 Å². The van der Waals surface area contributed by atoms with Gasteiger partial charge in [-0.15, -0.1) is 11.3 Å². The Morgan fingerprint density at radius 1 is 1.17 bits per heavy atom. The van der Waals surface area contributed by atoms with E-state index in [2.05, 4.69) is 45.9 Å². The molecular weight excluding hydrogens is 336 g/mol. The topological polar surface area (TPSA) is 32.7 Å². The lowest BCUT2D eigenvalue weighted by molar-refractivity contribution is 0.0771. The molecule has 1 aliphatic rings. The molecule has 1 aromatic heterocycles. The van der Waals surface area contributed by atoms with Gasteiger partial charge in [-0.05, 0) is 68.8 Å². The van der Waals surface area contributed by atoms with Crippen LogP contribution in [0.15, 0.2) is 34.6 Å². The second-order valence-corrected chi connectivity index (χ2v) is 8.72. The summed E-state index contributed by atoms with van der Waals surface area (Å²) in [5, 5.41) is 2.77. The van der Waals surface area contributed by atoms with Crippen molar-refractivity contribution in [2.24, 2.45) is 4.99 Å². The van der Waals surface area contributed by atoms with Crippen LogP contribution in [-0.2, 0) is 0 Å². The van der Waals surface area contributed by atoms with Gasteiger partial charge in [-0.25, -0.2) is 4.99 Å². The maximum atomic E-state index is 13.1. The summed E-state index contributed by atoms with van der Waals surface area (Å²) in [6.07, 6.45) is 0. The fraction of sp³-hybridized carbons (Fsp3) is 0.368. The lowest BCUT2D eigenvalue weighted by Gasteiger charge is -2.30. The molecule has 2 heterocycles. The standard InChI is InChI=1S/C19H22N2OS2/c1-12-6-7-13(2)15(10-12)20-18-21(19(4,5)11-24-18)17(22)16-14(3)8-9-23-16/h6-10H,11H2,1-5H3. The molecule has 0 unspecified atom stereocenters. The highest BCUT2D eigenvalue weighted by Gasteiger charge is 2.42. The molecule has 2 aromatic rings. The SMILES string of the molecule is Cc1ccc(C)c(N=C2SCC(C)(C)N2C(=O)c2sccc2C)c1. The number of aryl methyl sites for hydroxylation is 3. The van der Waals surface area contributed by atoms with Gasteiger partial charge < -0.3 is 0 Å². The van der Waals surface area contributed by atoms with Crippen molar-refractivity contribution in [1.82, 2.24) is 4.90 Å². The average Bonchev–Trinajstić information content (AvgIpc) is 3.06. The van der Waals surface area contributed by atoms with Crippen molar-refractivity contribution in [2.75, 3.05) is 5.75 Å². The number of amidine groups is 1. The van der Waals surface area contributed by atoms with E-state index in [0.29, 0.717) is 0 Å². The molecule has 3 nitrogen and oxygen atoms in total. The Bertz CT molecular complexity index is 821. The zero-order chi connectivity index (χ0) is 17.5. The van der Waals surface area contributed by atoms with Crippen LogP contribution < -0.4 is 0 Å². The molecule has 1 aromatic carbocycles. The lowest BCUT2D eigenvalue weighted by atomic mass is 10.1. The van der Waals surface area contributed by atoms with E-state index in [1.807, 2.05) is 23.3 Å². The van der Waals surface area contributed by atoms with Gasteiger partial charge in [0.15, 0.2) is 5.17 Å². The molecule has 126 valence electrons. The van der Waals surface area contributed by atoms with Crippen molar-refractivity contribution in [3.63, 3.8) is 0 Å². The summed E-state index contributed by atoms with van der Waals surface area (Å²) >= 11 is 3.16. The molecule has 1 fully saturated rings. The van der Waals surface area contributed by atoms with Gasteiger partial charge in [-0.3, -0.25) is 9.69 Å². The zero-order valence-electron chi connectivity index (χ0n) is 14.7. The second-order valence-electron chi connectivity index (χ2n) is 6.86. The smallest absolute Gasteiger partial charge is 0.270 e. The Balaban J connectivity index is 2.04. The highest BCUT2D eigenvalue weighted by molar-refractivity contribution is 8.14. The molecule has 3 rings (SSSR count). The minimum atomic E-state index is -0.241. The third-order valence-electron chi connectivity index (χ3n) is 4.19. The first-order valence-electron chi connectivity index (χ1n) is 7.97. The van der Waals surface area contributed by atoms with Gasteiger partial charge in [0.2, 0.25) is 0 Å². The normalized spacial score (nSPS) is 18.4. The number of carbonyl (C=O) groups is 1. The first-order chi connectivity index (χ1) is 11.3. The summed E-state index contributed by atoms with van der Waals surface area (Å²) in [7, 11) is 0. The maximum Gasteiger partial charge on any atom is 0.270 e. The highest BCUT2D eigenvalue weighted by atomic mass is 32.2. The number of rotatable bonds is 2. The Morgan fingerprint density at radius 3 is 2.58 bits per heavy atom. The molecule has 0 atom stereocenters. The second kappa shape index (κ2) is 6.37. The first kappa shape index (κ1) is 17.2. The maximum absolute atomic E-state index is 13.1. The monoisotopic (exact) mass is 358 g/mol. The minimum Gasteiger partial charge on any atom is -0.280 e. The third kappa shape index (κ3) is 3.15. The Morgan fingerprint density at radius 2 is 1.92 bits per heavy atom. The summed E-state index contributed by atoms with van der Waals surface area (Å²) in [4.78, 5) is 20.7. The van der Waals surface area contributed by atoms with Crippen molar-refractivity contribution < 1.29 is 4.79 Å². The number of nitrogens with zero attached hydrogens (tertiary/aromatic N) is 2. The van der Waals surface area contributed by atoms with Crippen molar-refractivity contribution in [3.05, 3.63) is 51.2 Å². The van der Waals surface area contributed by atoms with Gasteiger partial charge in [-0.2, -0.15) is 0 Å². The van der Waals surface area contributed by atoms with E-state index >= 15 is 0 Å². The fourth-order valence-electron chi connectivity index (χ4n) is 2.71. The molecule has 0 aliphatic carbocycles. The van der Waals surface area contributed by atoms with Crippen LogP contribution >= 0.6 is 23.1 Å². The number of hydrogen-bond acceptors (Lipinski definition) is 4. The van der Waals surface area contributed by atoms with Crippen LogP contribution in [0.3, 0.4) is 0 Å². The highest BCUT2D eigenvalue weighted by Crippen LogP contribution is 2.37. The Hall–Kier alpha value is -1.59. The van der Waals surface area contributed by atoms with Gasteiger partial charge in [0.1, 0.15) is 0 Å². The van der Waals surface area contributed by atoms with Crippen LogP contribution in [0.5, 0.6) is 0 Å². The van der Waals surface area contributed by atoms with E-state index in [9.17, 15) is 4.79 Å². The van der Waals surface area contributed by atoms with E-state index in [1.165, 1.54) is 16.9 Å². The number of aliphatic imine (C=N–C) groups is 1. The number of carbonyl (C=O) groups excluding carboxylic acids is 1. The van der Waals surface area contributed by atoms with E-state index in [4.69, 9.17) is 4.99 Å². The molecular formula is C19H22N2OS2. The number of thioether (sulfide) groups is 1. The van der Waals surface area contributed by atoms with Gasteiger partial charge in [0, 0.05) is 5.75 Å². The van der Waals surface area contributed by atoms with Gasteiger partial charge in [0.05, 0.1) is 16.1 Å². The Kier molecular flexibility index (Phi) is 4.58. The predicted molar refractivity (Wildman–Crippen MR) is 105 cm³/mol. The van der Waals surface area contributed by atoms with Crippen LogP contribution in [0.4, 0.5) is 5.69 Å². The summed E-state index contributed by atoms with van der Waals surface area (Å²) in [6, 6.07) is 8.24. The lowest BCUT2D eigenvalue weighted by Crippen LogP contribution is -2.46. The van der Waals surface area contributed by atoms with Crippen molar-refractivity contribution >= 4 is 39.9 Å². The van der Waals surface area contributed by atoms with Crippen LogP contribution in [0.25, 0.3) is 0 Å². The molecule has 1 amide bonds. The zero-order valence-corrected chi connectivity index (χ0v) is 16.3. The summed E-state index contributed by atoms with van der Waals surface area (Å²) < 4.78 is 0. The predicted octanol–water partition coefficient (Wildman–Crippen LogP) is 5.33. The molecule has 1 saturated heterocycles. The molecule has 0 saturated carbocycles. The molecule has 0 bridgehead atoms. The number of thiophene rings is 1. The van der Waals surface area contributed by atoms with E-state index in [1.54, 1.807) is 11.8 Å². The fourth-order valence-corrected chi connectivity index (χ4v) is 4.80. The minimum absolute atomic E-state index is 0.0570. The van der Waals surface area contributed by atoms with Gasteiger partial charge >= 0.3 is 0 Å². The number of benzene rings is 1. The average molecular weight is 359 g/mol.